The summed E-state index contributed by atoms with van der Waals surface area (Å²) in [4.78, 5) is 0. The third-order valence-corrected chi connectivity index (χ3v) is 5.55. The van der Waals surface area contributed by atoms with E-state index in [0.29, 0.717) is 0 Å². The third kappa shape index (κ3) is 2.28. The van der Waals surface area contributed by atoms with E-state index in [1.807, 2.05) is 0 Å². The number of benzene rings is 3. The molecule has 1 aromatic heterocycles. The summed E-state index contributed by atoms with van der Waals surface area (Å²) in [5.41, 5.74) is 2.34. The summed E-state index contributed by atoms with van der Waals surface area (Å²) >= 11 is 11.8. The van der Waals surface area contributed by atoms with E-state index in [1.165, 1.54) is 20.3 Å². The SMILES string of the molecule is Clc1cc(-c2ccc(Br)cc2)cc2sc3ccccc3c12. The minimum atomic E-state index is 0.822. The van der Waals surface area contributed by atoms with Crippen molar-refractivity contribution in [3.63, 3.8) is 0 Å². The maximum Gasteiger partial charge on any atom is 0.0505 e. The van der Waals surface area contributed by atoms with Crippen LogP contribution in [0.3, 0.4) is 0 Å². The predicted octanol–water partition coefficient (Wildman–Crippen LogP) is 7.14. The molecule has 0 aliphatic carbocycles. The molecule has 21 heavy (non-hydrogen) atoms. The molecule has 0 saturated carbocycles. The minimum absolute atomic E-state index is 0.822. The van der Waals surface area contributed by atoms with Gasteiger partial charge in [-0.2, -0.15) is 0 Å². The van der Waals surface area contributed by atoms with E-state index < -0.39 is 0 Å². The number of halogens is 2. The molecule has 0 fully saturated rings. The Hall–Kier alpha value is -1.35. The molecule has 0 nitrogen and oxygen atoms in total. The van der Waals surface area contributed by atoms with Crippen molar-refractivity contribution in [2.24, 2.45) is 0 Å². The first kappa shape index (κ1) is 13.3. The molecule has 102 valence electrons. The van der Waals surface area contributed by atoms with Crippen molar-refractivity contribution < 1.29 is 0 Å². The molecule has 0 spiro atoms. The first-order valence-electron chi connectivity index (χ1n) is 6.59. The lowest BCUT2D eigenvalue weighted by atomic mass is 10.0. The largest absolute Gasteiger partial charge is 0.135 e. The Morgan fingerprint density at radius 2 is 1.57 bits per heavy atom. The van der Waals surface area contributed by atoms with Crippen molar-refractivity contribution in [2.45, 2.75) is 0 Å². The zero-order chi connectivity index (χ0) is 14.4. The summed E-state index contributed by atoms with van der Waals surface area (Å²) < 4.78 is 3.60. The molecule has 3 aromatic carbocycles. The number of thiophene rings is 1. The Labute approximate surface area is 140 Å². The number of hydrogen-bond acceptors (Lipinski definition) is 1. The van der Waals surface area contributed by atoms with E-state index in [9.17, 15) is 0 Å². The highest BCUT2D eigenvalue weighted by Gasteiger charge is 2.10. The molecule has 1 heterocycles. The van der Waals surface area contributed by atoms with Crippen molar-refractivity contribution in [1.82, 2.24) is 0 Å². The van der Waals surface area contributed by atoms with Gasteiger partial charge < -0.3 is 0 Å². The summed E-state index contributed by atoms with van der Waals surface area (Å²) in [7, 11) is 0. The molecule has 0 aliphatic rings. The van der Waals surface area contributed by atoms with E-state index in [1.54, 1.807) is 11.3 Å². The molecule has 0 aliphatic heterocycles. The highest BCUT2D eigenvalue weighted by atomic mass is 79.9. The quantitative estimate of drug-likeness (QED) is 0.332. The lowest BCUT2D eigenvalue weighted by Crippen LogP contribution is -1.78. The lowest BCUT2D eigenvalue weighted by molar-refractivity contribution is 1.62. The van der Waals surface area contributed by atoms with Gasteiger partial charge in [-0.25, -0.2) is 0 Å². The van der Waals surface area contributed by atoms with Crippen molar-refractivity contribution in [3.8, 4) is 11.1 Å². The van der Waals surface area contributed by atoms with Crippen LogP contribution in [0.2, 0.25) is 5.02 Å². The topological polar surface area (TPSA) is 0 Å². The van der Waals surface area contributed by atoms with Crippen molar-refractivity contribution >= 4 is 59.0 Å². The van der Waals surface area contributed by atoms with Gasteiger partial charge in [0.25, 0.3) is 0 Å². The van der Waals surface area contributed by atoms with Crippen LogP contribution in [0, 0.1) is 0 Å². The monoisotopic (exact) mass is 372 g/mol. The smallest absolute Gasteiger partial charge is 0.0505 e. The predicted molar refractivity (Wildman–Crippen MR) is 97.5 cm³/mol. The summed E-state index contributed by atoms with van der Waals surface area (Å²) in [6.07, 6.45) is 0. The van der Waals surface area contributed by atoms with Crippen LogP contribution in [0.1, 0.15) is 0 Å². The van der Waals surface area contributed by atoms with Crippen LogP contribution in [0.25, 0.3) is 31.3 Å². The molecule has 4 rings (SSSR count). The molecule has 0 N–H and O–H groups in total. The van der Waals surface area contributed by atoms with Gasteiger partial charge in [0.2, 0.25) is 0 Å². The normalized spacial score (nSPS) is 11.3. The highest BCUT2D eigenvalue weighted by molar-refractivity contribution is 9.10. The summed E-state index contributed by atoms with van der Waals surface area (Å²) in [5.74, 6) is 0. The van der Waals surface area contributed by atoms with Crippen LogP contribution in [-0.4, -0.2) is 0 Å². The molecule has 4 aromatic rings. The molecule has 0 bridgehead atoms. The zero-order valence-electron chi connectivity index (χ0n) is 10.9. The average molecular weight is 374 g/mol. The Kier molecular flexibility index (Phi) is 3.26. The second kappa shape index (κ2) is 5.13. The number of rotatable bonds is 1. The van der Waals surface area contributed by atoms with Crippen LogP contribution in [0.5, 0.6) is 0 Å². The van der Waals surface area contributed by atoms with Crippen LogP contribution in [-0.2, 0) is 0 Å². The fourth-order valence-corrected chi connectivity index (χ4v) is 4.43. The standard InChI is InChI=1S/C18H10BrClS/c19-13-7-5-11(6-8-13)12-9-15(20)18-14-3-1-2-4-16(14)21-17(18)10-12/h1-10H. The minimum Gasteiger partial charge on any atom is -0.135 e. The van der Waals surface area contributed by atoms with E-state index in [4.69, 9.17) is 11.6 Å². The Morgan fingerprint density at radius 3 is 2.38 bits per heavy atom. The van der Waals surface area contributed by atoms with Crippen LogP contribution < -0.4 is 0 Å². The number of hydrogen-bond donors (Lipinski definition) is 0. The molecule has 0 unspecified atom stereocenters. The maximum absolute atomic E-state index is 6.56. The van der Waals surface area contributed by atoms with Gasteiger partial charge in [-0.15, -0.1) is 11.3 Å². The van der Waals surface area contributed by atoms with Gasteiger partial charge >= 0.3 is 0 Å². The zero-order valence-corrected chi connectivity index (χ0v) is 14.1. The Bertz CT molecular complexity index is 954. The second-order valence-corrected chi connectivity index (χ2v) is 7.34. The molecular weight excluding hydrogens is 364 g/mol. The van der Waals surface area contributed by atoms with Crippen LogP contribution in [0.4, 0.5) is 0 Å². The van der Waals surface area contributed by atoms with Crippen molar-refractivity contribution in [1.29, 1.82) is 0 Å². The van der Waals surface area contributed by atoms with Gasteiger partial charge in [0.15, 0.2) is 0 Å². The fraction of sp³-hybridized carbons (Fsp3) is 0. The summed E-state index contributed by atoms with van der Waals surface area (Å²) in [6, 6.07) is 21.0. The molecular formula is C18H10BrClS. The Morgan fingerprint density at radius 1 is 0.810 bits per heavy atom. The summed E-state index contributed by atoms with van der Waals surface area (Å²) in [6.45, 7) is 0. The Balaban J connectivity index is 2.00. The van der Waals surface area contributed by atoms with Crippen molar-refractivity contribution in [2.75, 3.05) is 0 Å². The van der Waals surface area contributed by atoms with Gasteiger partial charge in [-0.3, -0.25) is 0 Å². The second-order valence-electron chi connectivity index (χ2n) is 4.94. The van der Waals surface area contributed by atoms with E-state index in [0.717, 1.165) is 20.4 Å². The van der Waals surface area contributed by atoms with Crippen molar-refractivity contribution in [3.05, 3.63) is 70.2 Å². The fourth-order valence-electron chi connectivity index (χ4n) is 2.61. The number of fused-ring (bicyclic) bond motifs is 3. The molecule has 0 saturated heterocycles. The summed E-state index contributed by atoms with van der Waals surface area (Å²) in [5, 5.41) is 3.23. The van der Waals surface area contributed by atoms with Crippen LogP contribution >= 0.6 is 38.9 Å². The molecule has 0 amide bonds. The van der Waals surface area contributed by atoms with Gasteiger partial charge in [-0.1, -0.05) is 57.9 Å². The average Bonchev–Trinajstić information content (AvgIpc) is 2.86. The third-order valence-electron chi connectivity index (χ3n) is 3.61. The van der Waals surface area contributed by atoms with Gasteiger partial charge in [0.05, 0.1) is 5.02 Å². The molecule has 0 radical (unpaired) electrons. The molecule has 3 heteroatoms. The van der Waals surface area contributed by atoms with Gasteiger partial charge in [0.1, 0.15) is 0 Å². The van der Waals surface area contributed by atoms with E-state index >= 15 is 0 Å². The van der Waals surface area contributed by atoms with Gasteiger partial charge in [-0.05, 0) is 41.5 Å². The van der Waals surface area contributed by atoms with E-state index in [-0.39, 0.29) is 0 Å². The lowest BCUT2D eigenvalue weighted by Gasteiger charge is -2.04. The maximum atomic E-state index is 6.56. The van der Waals surface area contributed by atoms with Gasteiger partial charge in [0, 0.05) is 24.6 Å². The molecule has 0 atom stereocenters. The first-order valence-corrected chi connectivity index (χ1v) is 8.58. The highest BCUT2D eigenvalue weighted by Crippen LogP contribution is 2.40. The van der Waals surface area contributed by atoms with E-state index in [2.05, 4.69) is 76.6 Å². The van der Waals surface area contributed by atoms with Crippen LogP contribution in [0.15, 0.2) is 65.1 Å². The first-order chi connectivity index (χ1) is 10.2.